The van der Waals surface area contributed by atoms with Crippen molar-refractivity contribution >= 4 is 5.91 Å². The van der Waals surface area contributed by atoms with Crippen LogP contribution < -0.4 is 5.32 Å². The lowest BCUT2D eigenvalue weighted by atomic mass is 10.3. The van der Waals surface area contributed by atoms with Crippen LogP contribution in [0.25, 0.3) is 0 Å². The molecule has 0 aromatic carbocycles. The maximum absolute atomic E-state index is 12.6. The molecule has 0 spiro atoms. The van der Waals surface area contributed by atoms with E-state index in [1.54, 1.807) is 0 Å². The Bertz CT molecular complexity index is 466. The maximum atomic E-state index is 12.6. The first-order valence-electron chi connectivity index (χ1n) is 6.91. The highest BCUT2D eigenvalue weighted by Gasteiger charge is 2.35. The summed E-state index contributed by atoms with van der Waals surface area (Å²) in [5, 5.41) is 6.18. The molecule has 5 nitrogen and oxygen atoms in total. The number of carbonyl (C=O) groups excluding carboxylic acids is 1. The Labute approximate surface area is 122 Å². The number of halogens is 3. The van der Waals surface area contributed by atoms with Crippen molar-refractivity contribution in [1.82, 2.24) is 20.0 Å². The second kappa shape index (κ2) is 7.44. The minimum Gasteiger partial charge on any atom is -0.351 e. The summed E-state index contributed by atoms with van der Waals surface area (Å²) in [4.78, 5) is 14.0. The molecule has 1 rings (SSSR count). The molecule has 0 bridgehead atoms. The second-order valence-corrected chi connectivity index (χ2v) is 4.67. The SMILES string of the molecule is CCN(CC)CCCNC(=O)c1cc(C(F)(F)F)n(C)n1. The Morgan fingerprint density at radius 1 is 1.38 bits per heavy atom. The van der Waals surface area contributed by atoms with Crippen LogP contribution in [0.2, 0.25) is 0 Å². The van der Waals surface area contributed by atoms with Crippen LogP contribution in [0.15, 0.2) is 6.07 Å². The van der Waals surface area contributed by atoms with E-state index in [0.29, 0.717) is 11.2 Å². The third-order valence-corrected chi connectivity index (χ3v) is 3.23. The lowest BCUT2D eigenvalue weighted by Gasteiger charge is -2.17. The Morgan fingerprint density at radius 2 is 2.00 bits per heavy atom. The molecule has 1 N–H and O–H groups in total. The molecule has 0 aliphatic rings. The number of alkyl halides is 3. The van der Waals surface area contributed by atoms with Gasteiger partial charge in [-0.1, -0.05) is 13.8 Å². The van der Waals surface area contributed by atoms with E-state index in [2.05, 4.69) is 29.2 Å². The van der Waals surface area contributed by atoms with Crippen LogP contribution in [0.5, 0.6) is 0 Å². The summed E-state index contributed by atoms with van der Waals surface area (Å²) in [6.07, 6.45) is -3.77. The van der Waals surface area contributed by atoms with Crippen molar-refractivity contribution in [2.45, 2.75) is 26.4 Å². The normalized spacial score (nSPS) is 12.0. The Kier molecular flexibility index (Phi) is 6.19. The highest BCUT2D eigenvalue weighted by molar-refractivity contribution is 5.92. The summed E-state index contributed by atoms with van der Waals surface area (Å²) in [7, 11) is 1.17. The van der Waals surface area contributed by atoms with Gasteiger partial charge in [-0.3, -0.25) is 9.48 Å². The van der Waals surface area contributed by atoms with Gasteiger partial charge < -0.3 is 10.2 Å². The molecule has 0 unspecified atom stereocenters. The lowest BCUT2D eigenvalue weighted by Crippen LogP contribution is -2.30. The predicted octanol–water partition coefficient (Wildman–Crippen LogP) is 1.90. The molecule has 0 saturated carbocycles. The average Bonchev–Trinajstić information content (AvgIpc) is 2.81. The van der Waals surface area contributed by atoms with Gasteiger partial charge in [-0.2, -0.15) is 18.3 Å². The van der Waals surface area contributed by atoms with Crippen molar-refractivity contribution in [2.24, 2.45) is 7.05 Å². The minimum absolute atomic E-state index is 0.215. The van der Waals surface area contributed by atoms with Gasteiger partial charge in [-0.25, -0.2) is 0 Å². The molecule has 1 aromatic heterocycles. The first-order valence-corrected chi connectivity index (χ1v) is 6.91. The van der Waals surface area contributed by atoms with Gasteiger partial charge in [0.25, 0.3) is 5.91 Å². The molecule has 1 aromatic rings. The van der Waals surface area contributed by atoms with Crippen molar-refractivity contribution in [3.05, 3.63) is 17.5 Å². The van der Waals surface area contributed by atoms with Gasteiger partial charge in [-0.15, -0.1) is 0 Å². The summed E-state index contributed by atoms with van der Waals surface area (Å²) in [5.74, 6) is -0.583. The number of rotatable bonds is 7. The third kappa shape index (κ3) is 5.04. The molecule has 1 amide bonds. The lowest BCUT2D eigenvalue weighted by molar-refractivity contribution is -0.143. The summed E-state index contributed by atoms with van der Waals surface area (Å²) in [5.41, 5.74) is -1.15. The van der Waals surface area contributed by atoms with E-state index >= 15 is 0 Å². The van der Waals surface area contributed by atoms with Crippen LogP contribution in [-0.4, -0.2) is 46.8 Å². The zero-order chi connectivity index (χ0) is 16.0. The van der Waals surface area contributed by atoms with Crippen LogP contribution in [0, 0.1) is 0 Å². The number of hydrogen-bond donors (Lipinski definition) is 1. The summed E-state index contributed by atoms with van der Waals surface area (Å²) in [6, 6.07) is 0.764. The van der Waals surface area contributed by atoms with E-state index in [0.717, 1.165) is 32.1 Å². The first-order chi connectivity index (χ1) is 9.79. The first kappa shape index (κ1) is 17.5. The highest BCUT2D eigenvalue weighted by atomic mass is 19.4. The second-order valence-electron chi connectivity index (χ2n) is 4.67. The Balaban J connectivity index is 2.50. The van der Waals surface area contributed by atoms with Gasteiger partial charge in [0.05, 0.1) is 0 Å². The van der Waals surface area contributed by atoms with E-state index in [1.807, 2.05) is 0 Å². The molecular weight excluding hydrogens is 285 g/mol. The van der Waals surface area contributed by atoms with Gasteiger partial charge in [0.15, 0.2) is 5.69 Å². The van der Waals surface area contributed by atoms with E-state index < -0.39 is 17.8 Å². The summed E-state index contributed by atoms with van der Waals surface area (Å²) >= 11 is 0. The van der Waals surface area contributed by atoms with Gasteiger partial charge in [0, 0.05) is 19.7 Å². The number of nitrogens with zero attached hydrogens (tertiary/aromatic N) is 3. The fourth-order valence-corrected chi connectivity index (χ4v) is 1.98. The predicted molar refractivity (Wildman–Crippen MR) is 72.9 cm³/mol. The zero-order valence-corrected chi connectivity index (χ0v) is 12.5. The molecule has 0 atom stereocenters. The van der Waals surface area contributed by atoms with Gasteiger partial charge >= 0.3 is 6.18 Å². The Morgan fingerprint density at radius 3 is 2.48 bits per heavy atom. The van der Waals surface area contributed by atoms with E-state index in [-0.39, 0.29) is 5.69 Å². The molecule has 0 aliphatic carbocycles. The maximum Gasteiger partial charge on any atom is 0.433 e. The van der Waals surface area contributed by atoms with Crippen LogP contribution in [0.4, 0.5) is 13.2 Å². The van der Waals surface area contributed by atoms with E-state index in [9.17, 15) is 18.0 Å². The van der Waals surface area contributed by atoms with Crippen molar-refractivity contribution in [3.63, 3.8) is 0 Å². The molecule has 0 aliphatic heterocycles. The number of nitrogens with one attached hydrogen (secondary N) is 1. The summed E-state index contributed by atoms with van der Waals surface area (Å²) < 4.78 is 38.5. The minimum atomic E-state index is -4.51. The van der Waals surface area contributed by atoms with Gasteiger partial charge in [0.2, 0.25) is 0 Å². The molecule has 1 heterocycles. The van der Waals surface area contributed by atoms with Crippen molar-refractivity contribution in [2.75, 3.05) is 26.2 Å². The van der Waals surface area contributed by atoms with Gasteiger partial charge in [0.1, 0.15) is 5.69 Å². The number of aryl methyl sites for hydroxylation is 1. The number of carbonyl (C=O) groups is 1. The van der Waals surface area contributed by atoms with Gasteiger partial charge in [-0.05, 0) is 26.1 Å². The molecule has 21 heavy (non-hydrogen) atoms. The highest BCUT2D eigenvalue weighted by Crippen LogP contribution is 2.29. The van der Waals surface area contributed by atoms with Crippen molar-refractivity contribution in [3.8, 4) is 0 Å². The van der Waals surface area contributed by atoms with Crippen molar-refractivity contribution in [1.29, 1.82) is 0 Å². The molecule has 120 valence electrons. The third-order valence-electron chi connectivity index (χ3n) is 3.23. The smallest absolute Gasteiger partial charge is 0.351 e. The summed E-state index contributed by atoms with van der Waals surface area (Å²) in [6.45, 7) is 7.21. The Hall–Kier alpha value is -1.57. The molecular formula is C13H21F3N4O. The van der Waals surface area contributed by atoms with Crippen LogP contribution in [0.1, 0.15) is 36.5 Å². The quantitative estimate of drug-likeness (QED) is 0.783. The van der Waals surface area contributed by atoms with Crippen LogP contribution in [0.3, 0.4) is 0 Å². The molecule has 8 heteroatoms. The molecule has 0 radical (unpaired) electrons. The zero-order valence-electron chi connectivity index (χ0n) is 12.5. The van der Waals surface area contributed by atoms with E-state index in [4.69, 9.17) is 0 Å². The van der Waals surface area contributed by atoms with Crippen LogP contribution >= 0.6 is 0 Å². The fraction of sp³-hybridized carbons (Fsp3) is 0.692. The topological polar surface area (TPSA) is 50.2 Å². The number of hydrogen-bond acceptors (Lipinski definition) is 3. The number of amides is 1. The molecule has 0 saturated heterocycles. The monoisotopic (exact) mass is 306 g/mol. The fourth-order valence-electron chi connectivity index (χ4n) is 1.98. The largest absolute Gasteiger partial charge is 0.433 e. The standard InChI is InChI=1S/C13H21F3N4O/c1-4-20(5-2)8-6-7-17-12(21)10-9-11(13(14,15)16)19(3)18-10/h9H,4-8H2,1-3H3,(H,17,21). The van der Waals surface area contributed by atoms with Crippen molar-refractivity contribution < 1.29 is 18.0 Å². The molecule has 0 fully saturated rings. The van der Waals surface area contributed by atoms with Crippen LogP contribution in [-0.2, 0) is 13.2 Å². The number of aromatic nitrogens is 2. The van der Waals surface area contributed by atoms with E-state index in [1.165, 1.54) is 7.05 Å². The average molecular weight is 306 g/mol.